The van der Waals surface area contributed by atoms with Gasteiger partial charge in [0, 0.05) is 16.8 Å². The minimum Gasteiger partial charge on any atom is -0.467 e. The van der Waals surface area contributed by atoms with Crippen LogP contribution in [0.2, 0.25) is 0 Å². The number of hydrogen-bond donors (Lipinski definition) is 1. The lowest BCUT2D eigenvalue weighted by atomic mass is 10.4. The molecule has 8 heteroatoms. The Morgan fingerprint density at radius 3 is 3.11 bits per heavy atom. The van der Waals surface area contributed by atoms with Gasteiger partial charge < -0.3 is 9.73 Å². The Morgan fingerprint density at radius 1 is 1.32 bits per heavy atom. The lowest BCUT2D eigenvalue weighted by Crippen LogP contribution is -1.96. The molecule has 0 atom stereocenters. The van der Waals surface area contributed by atoms with Crippen LogP contribution in [0.4, 0.5) is 5.13 Å². The molecule has 98 valence electrons. The van der Waals surface area contributed by atoms with Crippen molar-refractivity contribution in [2.75, 3.05) is 5.32 Å². The maximum absolute atomic E-state index is 5.24. The fourth-order valence-corrected chi connectivity index (χ4v) is 3.71. The van der Waals surface area contributed by atoms with Gasteiger partial charge in [0.2, 0.25) is 5.13 Å². The number of nitrogens with one attached hydrogen (secondary N) is 1. The smallest absolute Gasteiger partial charge is 0.206 e. The molecular formula is C11H10N4OS3. The van der Waals surface area contributed by atoms with Crippen molar-refractivity contribution in [3.8, 4) is 0 Å². The predicted octanol–water partition coefficient (Wildman–Crippen LogP) is 3.49. The lowest BCUT2D eigenvalue weighted by Gasteiger charge is -1.96. The Hall–Kier alpha value is -1.38. The normalized spacial score (nSPS) is 10.7. The molecule has 0 saturated heterocycles. The zero-order valence-corrected chi connectivity index (χ0v) is 12.2. The van der Waals surface area contributed by atoms with Gasteiger partial charge in [-0.15, -0.1) is 10.2 Å². The molecule has 3 aromatic rings. The Bertz CT molecular complexity index is 553. The standard InChI is InChI=1S/C11H10N4OS3/c1-2-8(16-5-1)6-12-10-14-15-11(18-10)17-7-9-3-4-13-19-9/h1-5H,6-7H2,(H,12,14). The van der Waals surface area contributed by atoms with Crippen LogP contribution in [0.15, 0.2) is 39.4 Å². The van der Waals surface area contributed by atoms with Crippen LogP contribution in [0.5, 0.6) is 0 Å². The van der Waals surface area contributed by atoms with E-state index in [2.05, 4.69) is 19.9 Å². The maximum atomic E-state index is 5.24. The van der Waals surface area contributed by atoms with Crippen molar-refractivity contribution >= 4 is 39.8 Å². The predicted molar refractivity (Wildman–Crippen MR) is 77.6 cm³/mol. The summed E-state index contributed by atoms with van der Waals surface area (Å²) < 4.78 is 10.3. The topological polar surface area (TPSA) is 63.8 Å². The quantitative estimate of drug-likeness (QED) is 0.703. The molecule has 0 saturated carbocycles. The molecule has 5 nitrogen and oxygen atoms in total. The molecule has 0 amide bonds. The first-order valence-corrected chi connectivity index (χ1v) is 8.10. The molecule has 0 unspecified atom stereocenters. The van der Waals surface area contributed by atoms with Crippen molar-refractivity contribution < 1.29 is 4.42 Å². The van der Waals surface area contributed by atoms with E-state index in [1.54, 1.807) is 29.4 Å². The van der Waals surface area contributed by atoms with Gasteiger partial charge in [0.25, 0.3) is 0 Å². The van der Waals surface area contributed by atoms with Gasteiger partial charge in [0.15, 0.2) is 4.34 Å². The molecule has 3 heterocycles. The molecule has 0 spiro atoms. The SMILES string of the molecule is c1coc(CNc2nnc(SCc3ccns3)s2)c1. The second kappa shape index (κ2) is 6.18. The van der Waals surface area contributed by atoms with Crippen LogP contribution < -0.4 is 5.32 Å². The largest absolute Gasteiger partial charge is 0.467 e. The molecule has 19 heavy (non-hydrogen) atoms. The number of aromatic nitrogens is 3. The molecule has 0 aliphatic rings. The van der Waals surface area contributed by atoms with Crippen LogP contribution in [0.1, 0.15) is 10.6 Å². The third-order valence-electron chi connectivity index (χ3n) is 2.23. The van der Waals surface area contributed by atoms with Crippen LogP contribution in [-0.2, 0) is 12.3 Å². The van der Waals surface area contributed by atoms with Gasteiger partial charge in [0.05, 0.1) is 12.8 Å². The highest BCUT2D eigenvalue weighted by atomic mass is 32.2. The average molecular weight is 310 g/mol. The fraction of sp³-hybridized carbons (Fsp3) is 0.182. The Balaban J connectivity index is 1.51. The molecule has 0 radical (unpaired) electrons. The molecular weight excluding hydrogens is 300 g/mol. The molecule has 0 fully saturated rings. The van der Waals surface area contributed by atoms with Crippen LogP contribution >= 0.6 is 34.6 Å². The highest BCUT2D eigenvalue weighted by Crippen LogP contribution is 2.29. The lowest BCUT2D eigenvalue weighted by molar-refractivity contribution is 0.518. The molecule has 0 bridgehead atoms. The van der Waals surface area contributed by atoms with Gasteiger partial charge >= 0.3 is 0 Å². The zero-order chi connectivity index (χ0) is 12.9. The van der Waals surface area contributed by atoms with Crippen molar-refractivity contribution in [1.29, 1.82) is 0 Å². The number of nitrogens with zero attached hydrogens (tertiary/aromatic N) is 3. The number of furan rings is 1. The summed E-state index contributed by atoms with van der Waals surface area (Å²) in [4.78, 5) is 1.24. The van der Waals surface area contributed by atoms with E-state index in [9.17, 15) is 0 Å². The highest BCUT2D eigenvalue weighted by Gasteiger charge is 2.06. The van der Waals surface area contributed by atoms with E-state index in [1.165, 1.54) is 16.4 Å². The number of thioether (sulfide) groups is 1. The van der Waals surface area contributed by atoms with Gasteiger partial charge in [-0.1, -0.05) is 23.1 Å². The first-order chi connectivity index (χ1) is 9.40. The number of hydrogen-bond acceptors (Lipinski definition) is 8. The molecule has 1 N–H and O–H groups in total. The second-order valence-corrected chi connectivity index (χ2v) is 6.69. The summed E-state index contributed by atoms with van der Waals surface area (Å²) in [5.41, 5.74) is 0. The summed E-state index contributed by atoms with van der Waals surface area (Å²) in [7, 11) is 0. The zero-order valence-electron chi connectivity index (χ0n) is 9.78. The van der Waals surface area contributed by atoms with E-state index in [0.717, 1.165) is 21.0 Å². The van der Waals surface area contributed by atoms with E-state index < -0.39 is 0 Å². The summed E-state index contributed by atoms with van der Waals surface area (Å²) in [6.07, 6.45) is 3.48. The van der Waals surface area contributed by atoms with E-state index in [0.29, 0.717) is 6.54 Å². The fourth-order valence-electron chi connectivity index (χ4n) is 1.36. The van der Waals surface area contributed by atoms with Gasteiger partial charge in [-0.2, -0.15) is 0 Å². The van der Waals surface area contributed by atoms with Crippen molar-refractivity contribution in [3.05, 3.63) is 41.3 Å². The molecule has 3 aromatic heterocycles. The van der Waals surface area contributed by atoms with Crippen LogP contribution in [0.3, 0.4) is 0 Å². The molecule has 0 aromatic carbocycles. The van der Waals surface area contributed by atoms with Crippen molar-refractivity contribution in [2.24, 2.45) is 0 Å². The van der Waals surface area contributed by atoms with E-state index in [4.69, 9.17) is 4.42 Å². The van der Waals surface area contributed by atoms with Crippen molar-refractivity contribution in [2.45, 2.75) is 16.6 Å². The first kappa shape index (κ1) is 12.6. The van der Waals surface area contributed by atoms with Crippen LogP contribution in [0.25, 0.3) is 0 Å². The monoisotopic (exact) mass is 310 g/mol. The minimum absolute atomic E-state index is 0.626. The third kappa shape index (κ3) is 3.55. The van der Waals surface area contributed by atoms with Crippen LogP contribution in [0, 0.1) is 0 Å². The Morgan fingerprint density at radius 2 is 2.32 bits per heavy atom. The van der Waals surface area contributed by atoms with Gasteiger partial charge in [-0.25, -0.2) is 4.37 Å². The van der Waals surface area contributed by atoms with Gasteiger partial charge in [0.1, 0.15) is 5.76 Å². The summed E-state index contributed by atoms with van der Waals surface area (Å²) in [5.74, 6) is 1.77. The molecule has 3 rings (SSSR count). The number of rotatable bonds is 6. The number of anilines is 1. The third-order valence-corrected chi connectivity index (χ3v) is 5.22. The average Bonchev–Trinajstić information content (AvgIpc) is 3.16. The minimum atomic E-state index is 0.626. The Labute approximate surface area is 122 Å². The summed E-state index contributed by atoms with van der Waals surface area (Å²) >= 11 is 4.74. The van der Waals surface area contributed by atoms with Gasteiger partial charge in [-0.3, -0.25) is 0 Å². The molecule has 0 aliphatic heterocycles. The van der Waals surface area contributed by atoms with E-state index >= 15 is 0 Å². The van der Waals surface area contributed by atoms with E-state index in [-0.39, 0.29) is 0 Å². The van der Waals surface area contributed by atoms with E-state index in [1.807, 2.05) is 24.4 Å². The summed E-state index contributed by atoms with van der Waals surface area (Å²) in [6.45, 7) is 0.626. The highest BCUT2D eigenvalue weighted by molar-refractivity contribution is 8.00. The maximum Gasteiger partial charge on any atom is 0.206 e. The Kier molecular flexibility index (Phi) is 4.11. The summed E-state index contributed by atoms with van der Waals surface area (Å²) in [5, 5.41) is 12.2. The van der Waals surface area contributed by atoms with Crippen LogP contribution in [-0.4, -0.2) is 14.6 Å². The molecule has 0 aliphatic carbocycles. The summed E-state index contributed by atoms with van der Waals surface area (Å²) in [6, 6.07) is 5.82. The first-order valence-electron chi connectivity index (χ1n) is 5.52. The van der Waals surface area contributed by atoms with Gasteiger partial charge in [-0.05, 0) is 29.7 Å². The second-order valence-electron chi connectivity index (χ2n) is 3.57. The van der Waals surface area contributed by atoms with Crippen molar-refractivity contribution in [1.82, 2.24) is 14.6 Å². The van der Waals surface area contributed by atoms with Crippen molar-refractivity contribution in [3.63, 3.8) is 0 Å².